The molecule has 0 saturated heterocycles. The monoisotopic (exact) mass is 1060 g/mol. The van der Waals surface area contributed by atoms with Crippen molar-refractivity contribution in [3.8, 4) is 0 Å². The van der Waals surface area contributed by atoms with Gasteiger partial charge in [-0.15, -0.1) is 0 Å². The van der Waals surface area contributed by atoms with Crippen LogP contribution in [0, 0.1) is 0 Å². The number of hydrogen-bond donors (Lipinski definition) is 0. The molecule has 0 aliphatic rings. The maximum Gasteiger partial charge on any atom is 0.306 e. The van der Waals surface area contributed by atoms with Crippen LogP contribution in [0.3, 0.4) is 0 Å². The second kappa shape index (κ2) is 63.9. The van der Waals surface area contributed by atoms with Crippen LogP contribution in [0.15, 0.2) is 97.2 Å². The van der Waals surface area contributed by atoms with Crippen LogP contribution in [0.4, 0.5) is 0 Å². The third-order valence-electron chi connectivity index (χ3n) is 13.8. The molecule has 0 bridgehead atoms. The number of esters is 3. The van der Waals surface area contributed by atoms with E-state index >= 15 is 0 Å². The van der Waals surface area contributed by atoms with E-state index in [-0.39, 0.29) is 37.5 Å². The molecule has 76 heavy (non-hydrogen) atoms. The largest absolute Gasteiger partial charge is 0.462 e. The Morgan fingerprint density at radius 2 is 0.513 bits per heavy atom. The van der Waals surface area contributed by atoms with Gasteiger partial charge in [0.2, 0.25) is 0 Å². The zero-order valence-corrected chi connectivity index (χ0v) is 50.0. The van der Waals surface area contributed by atoms with Crippen molar-refractivity contribution >= 4 is 17.9 Å². The number of ether oxygens (including phenoxy) is 3. The molecule has 0 aliphatic heterocycles. The van der Waals surface area contributed by atoms with Gasteiger partial charge in [0.25, 0.3) is 0 Å². The smallest absolute Gasteiger partial charge is 0.306 e. The zero-order chi connectivity index (χ0) is 55.0. The van der Waals surface area contributed by atoms with E-state index in [0.29, 0.717) is 12.8 Å². The van der Waals surface area contributed by atoms with Crippen LogP contribution in [0.1, 0.15) is 310 Å². The molecule has 0 rings (SSSR count). The van der Waals surface area contributed by atoms with Crippen LogP contribution in [0.5, 0.6) is 0 Å². The second-order valence-electron chi connectivity index (χ2n) is 21.3. The molecule has 0 N–H and O–H groups in total. The van der Waals surface area contributed by atoms with E-state index in [1.807, 2.05) is 0 Å². The van der Waals surface area contributed by atoms with Gasteiger partial charge in [0.05, 0.1) is 0 Å². The van der Waals surface area contributed by atoms with Crippen molar-refractivity contribution in [1.82, 2.24) is 0 Å². The highest BCUT2D eigenvalue weighted by molar-refractivity contribution is 5.71. The third-order valence-corrected chi connectivity index (χ3v) is 13.8. The molecular formula is C70H120O6. The standard InChI is InChI=1S/C70H120O6/c1-4-7-10-13-16-19-22-25-28-31-33-34-35-36-38-39-42-45-48-51-54-57-60-63-69(72)75-66-67(65-74-68(71)62-59-56-53-50-47-44-41-30-27-24-21-18-15-12-9-6-3)76-70(73)64-61-58-55-52-49-46-43-40-37-32-29-26-23-20-17-14-11-8-5-2/h8,11,17,20,22,25-26,29,31,33,35-37,40,46,49,67H,4-7,9-10,12-16,18-19,21,23-24,27-28,30,32,34,38-39,41-45,47-48,50-66H2,1-3H3/b11-8-,20-17-,25-22-,29-26-,33-31-,36-35-,40-37-,49-46-. The van der Waals surface area contributed by atoms with Gasteiger partial charge in [0, 0.05) is 19.3 Å². The van der Waals surface area contributed by atoms with Crippen molar-refractivity contribution in [1.29, 1.82) is 0 Å². The zero-order valence-electron chi connectivity index (χ0n) is 50.0. The maximum absolute atomic E-state index is 12.9. The fraction of sp³-hybridized carbons (Fsp3) is 0.729. The van der Waals surface area contributed by atoms with Gasteiger partial charge in [-0.1, -0.05) is 285 Å². The van der Waals surface area contributed by atoms with Gasteiger partial charge in [0.1, 0.15) is 13.2 Å². The Labute approximate surface area is 470 Å². The van der Waals surface area contributed by atoms with E-state index < -0.39 is 6.10 Å². The lowest BCUT2D eigenvalue weighted by Gasteiger charge is -2.18. The Kier molecular flexibility index (Phi) is 60.8. The van der Waals surface area contributed by atoms with E-state index in [0.717, 1.165) is 116 Å². The summed E-state index contributed by atoms with van der Waals surface area (Å²) in [7, 11) is 0. The highest BCUT2D eigenvalue weighted by Gasteiger charge is 2.19. The normalized spacial score (nSPS) is 12.7. The molecule has 1 unspecified atom stereocenters. The number of rotatable bonds is 58. The molecule has 0 saturated carbocycles. The Balaban J connectivity index is 4.43. The van der Waals surface area contributed by atoms with Gasteiger partial charge in [0.15, 0.2) is 6.10 Å². The lowest BCUT2D eigenvalue weighted by Crippen LogP contribution is -2.30. The molecule has 6 nitrogen and oxygen atoms in total. The van der Waals surface area contributed by atoms with Crippen molar-refractivity contribution in [2.24, 2.45) is 0 Å². The Morgan fingerprint density at radius 3 is 0.816 bits per heavy atom. The third kappa shape index (κ3) is 61.2. The van der Waals surface area contributed by atoms with Gasteiger partial charge in [-0.05, 0) is 103 Å². The van der Waals surface area contributed by atoms with Crippen molar-refractivity contribution < 1.29 is 28.6 Å². The summed E-state index contributed by atoms with van der Waals surface area (Å²) in [6.07, 6.45) is 85.5. The first-order valence-electron chi connectivity index (χ1n) is 32.2. The number of hydrogen-bond acceptors (Lipinski definition) is 6. The molecule has 0 aromatic heterocycles. The molecule has 0 aliphatic carbocycles. The van der Waals surface area contributed by atoms with Crippen LogP contribution in [0.25, 0.3) is 0 Å². The van der Waals surface area contributed by atoms with Crippen LogP contribution in [-0.4, -0.2) is 37.2 Å². The van der Waals surface area contributed by atoms with Gasteiger partial charge >= 0.3 is 17.9 Å². The summed E-state index contributed by atoms with van der Waals surface area (Å²) in [5, 5.41) is 0. The van der Waals surface area contributed by atoms with Crippen molar-refractivity contribution in [2.75, 3.05) is 13.2 Å². The summed E-state index contributed by atoms with van der Waals surface area (Å²) in [4.78, 5) is 38.3. The summed E-state index contributed by atoms with van der Waals surface area (Å²) in [6, 6.07) is 0. The summed E-state index contributed by atoms with van der Waals surface area (Å²) in [6.45, 7) is 6.51. The minimum absolute atomic E-state index is 0.0914. The number of carbonyl (C=O) groups is 3. The topological polar surface area (TPSA) is 78.9 Å². The molecule has 0 aromatic rings. The van der Waals surface area contributed by atoms with Crippen LogP contribution < -0.4 is 0 Å². The second-order valence-corrected chi connectivity index (χ2v) is 21.3. The summed E-state index contributed by atoms with van der Waals surface area (Å²) < 4.78 is 16.9. The van der Waals surface area contributed by atoms with E-state index in [1.54, 1.807) is 0 Å². The van der Waals surface area contributed by atoms with E-state index in [4.69, 9.17) is 14.2 Å². The minimum Gasteiger partial charge on any atom is -0.462 e. The Bertz CT molecular complexity index is 1490. The average molecular weight is 1060 g/mol. The quantitative estimate of drug-likeness (QED) is 0.0261. The van der Waals surface area contributed by atoms with Crippen LogP contribution in [0.2, 0.25) is 0 Å². The van der Waals surface area contributed by atoms with Gasteiger partial charge in [-0.2, -0.15) is 0 Å². The number of carbonyl (C=O) groups excluding carboxylic acids is 3. The number of unbranched alkanes of at least 4 members (excludes halogenated alkanes) is 31. The van der Waals surface area contributed by atoms with Crippen molar-refractivity contribution in [3.63, 3.8) is 0 Å². The predicted octanol–water partition coefficient (Wildman–Crippen LogP) is 22.0. The predicted molar refractivity (Wildman–Crippen MR) is 330 cm³/mol. The molecule has 0 heterocycles. The van der Waals surface area contributed by atoms with Gasteiger partial charge < -0.3 is 14.2 Å². The molecule has 0 fully saturated rings. The molecule has 0 radical (unpaired) electrons. The summed E-state index contributed by atoms with van der Waals surface area (Å²) in [5.41, 5.74) is 0. The maximum atomic E-state index is 12.9. The lowest BCUT2D eigenvalue weighted by atomic mass is 10.0. The van der Waals surface area contributed by atoms with E-state index in [1.165, 1.54) is 154 Å². The summed E-state index contributed by atoms with van der Waals surface area (Å²) >= 11 is 0. The van der Waals surface area contributed by atoms with Gasteiger partial charge in [-0.3, -0.25) is 14.4 Å². The molecule has 6 heteroatoms. The summed E-state index contributed by atoms with van der Waals surface area (Å²) in [5.74, 6) is -0.920. The first-order chi connectivity index (χ1) is 37.5. The Hall–Kier alpha value is -3.67. The molecule has 0 amide bonds. The first kappa shape index (κ1) is 72.3. The SMILES string of the molecule is CC/C=C\C/C=C\C/C=C\C/C=C\C/C=C\CCCCCC(=O)OC(COC(=O)CCCCCCCCCC/C=C\C/C=C\C/C=C\CCCCCCC)COC(=O)CCCCCCCCCCCCCCCCCC. The number of allylic oxidation sites excluding steroid dienone is 16. The van der Waals surface area contributed by atoms with E-state index in [9.17, 15) is 14.4 Å². The molecular weight excluding hydrogens is 937 g/mol. The Morgan fingerprint density at radius 1 is 0.276 bits per heavy atom. The van der Waals surface area contributed by atoms with Crippen molar-refractivity contribution in [2.45, 2.75) is 316 Å². The fourth-order valence-corrected chi connectivity index (χ4v) is 9.01. The van der Waals surface area contributed by atoms with E-state index in [2.05, 4.69) is 118 Å². The molecule has 0 spiro atoms. The van der Waals surface area contributed by atoms with Crippen LogP contribution >= 0.6 is 0 Å². The lowest BCUT2D eigenvalue weighted by molar-refractivity contribution is -0.167. The first-order valence-corrected chi connectivity index (χ1v) is 32.2. The molecule has 0 aromatic carbocycles. The highest BCUT2D eigenvalue weighted by atomic mass is 16.6. The highest BCUT2D eigenvalue weighted by Crippen LogP contribution is 2.16. The molecule has 436 valence electrons. The average Bonchev–Trinajstić information content (AvgIpc) is 3.42. The van der Waals surface area contributed by atoms with Crippen LogP contribution in [-0.2, 0) is 28.6 Å². The fourth-order valence-electron chi connectivity index (χ4n) is 9.01. The van der Waals surface area contributed by atoms with Crippen molar-refractivity contribution in [3.05, 3.63) is 97.2 Å². The van der Waals surface area contributed by atoms with Gasteiger partial charge in [-0.25, -0.2) is 0 Å². The molecule has 1 atom stereocenters. The minimum atomic E-state index is -0.799.